The second kappa shape index (κ2) is 7.66. The maximum absolute atomic E-state index is 12.6. The number of urea groups is 1. The molecule has 0 unspecified atom stereocenters. The quantitative estimate of drug-likeness (QED) is 0.734. The van der Waals surface area contributed by atoms with Gasteiger partial charge in [-0.2, -0.15) is 0 Å². The zero-order valence-corrected chi connectivity index (χ0v) is 15.2. The van der Waals surface area contributed by atoms with Crippen LogP contribution >= 0.6 is 0 Å². The van der Waals surface area contributed by atoms with Gasteiger partial charge in [-0.25, -0.2) is 4.79 Å². The Morgan fingerprint density at radius 2 is 1.75 bits per heavy atom. The molecule has 0 spiro atoms. The van der Waals surface area contributed by atoms with Crippen molar-refractivity contribution in [1.29, 1.82) is 0 Å². The minimum atomic E-state index is -0.606. The molecule has 0 aliphatic carbocycles. The number of pyridine rings is 1. The van der Waals surface area contributed by atoms with Gasteiger partial charge in [0.25, 0.3) is 5.91 Å². The second-order valence-electron chi connectivity index (χ2n) is 6.53. The van der Waals surface area contributed by atoms with Crippen LogP contribution in [0.25, 0.3) is 21.9 Å². The smallest absolute Gasteiger partial charge is 0.316 e. The fourth-order valence-electron chi connectivity index (χ4n) is 3.40. The van der Waals surface area contributed by atoms with Crippen LogP contribution in [-0.4, -0.2) is 48.1 Å². The molecule has 7 heteroatoms. The molecule has 3 N–H and O–H groups in total. The summed E-state index contributed by atoms with van der Waals surface area (Å²) in [4.78, 5) is 30.0. The molecule has 3 amide bonds. The van der Waals surface area contributed by atoms with Gasteiger partial charge in [-0.1, -0.05) is 36.4 Å². The van der Waals surface area contributed by atoms with Crippen LogP contribution in [0.5, 0.6) is 0 Å². The number of aromatic nitrogens is 1. The average Bonchev–Trinajstić information content (AvgIpc) is 2.74. The maximum atomic E-state index is 12.6. The summed E-state index contributed by atoms with van der Waals surface area (Å²) in [6, 6.07) is 14.5. The summed E-state index contributed by atoms with van der Waals surface area (Å²) in [6.07, 6.45) is 1.70. The van der Waals surface area contributed by atoms with Crippen LogP contribution in [-0.2, 0) is 4.74 Å². The molecule has 2 heterocycles. The van der Waals surface area contributed by atoms with Crippen LogP contribution < -0.4 is 11.1 Å². The van der Waals surface area contributed by atoms with Crippen molar-refractivity contribution in [2.24, 2.45) is 5.73 Å². The van der Waals surface area contributed by atoms with Crippen molar-refractivity contribution in [3.63, 3.8) is 0 Å². The SMILES string of the molecule is NC(=O)Nc1ccc(-c2ccc(C(=O)N3CCOCC3)nc2)c2ccccc12. The molecule has 0 radical (unpaired) electrons. The van der Waals surface area contributed by atoms with E-state index in [9.17, 15) is 9.59 Å². The van der Waals surface area contributed by atoms with Crippen LogP contribution in [0, 0.1) is 0 Å². The molecule has 0 saturated carbocycles. The fraction of sp³-hybridized carbons (Fsp3) is 0.190. The summed E-state index contributed by atoms with van der Waals surface area (Å²) in [5.74, 6) is -0.0827. The molecule has 0 bridgehead atoms. The molecule has 0 atom stereocenters. The number of ether oxygens (including phenoxy) is 1. The van der Waals surface area contributed by atoms with E-state index in [1.807, 2.05) is 42.5 Å². The summed E-state index contributed by atoms with van der Waals surface area (Å²) >= 11 is 0. The first-order valence-corrected chi connectivity index (χ1v) is 9.05. The first-order valence-electron chi connectivity index (χ1n) is 9.05. The fourth-order valence-corrected chi connectivity index (χ4v) is 3.40. The standard InChI is InChI=1S/C21H20N4O3/c22-21(27)24-18-8-6-15(16-3-1-2-4-17(16)18)14-5-7-19(23-13-14)20(26)25-9-11-28-12-10-25/h1-8,13H,9-12H2,(H3,22,24,27). The number of nitrogens with one attached hydrogen (secondary N) is 1. The Bertz CT molecular complexity index is 1030. The van der Waals surface area contributed by atoms with Gasteiger partial charge in [0.05, 0.1) is 18.9 Å². The van der Waals surface area contributed by atoms with Gasteiger partial charge >= 0.3 is 6.03 Å². The Morgan fingerprint density at radius 1 is 1.00 bits per heavy atom. The molecule has 2 aromatic carbocycles. The molecule has 1 aromatic heterocycles. The molecule has 1 fully saturated rings. The van der Waals surface area contributed by atoms with E-state index in [0.29, 0.717) is 37.7 Å². The molecular formula is C21H20N4O3. The van der Waals surface area contributed by atoms with Gasteiger partial charge < -0.3 is 20.7 Å². The van der Waals surface area contributed by atoms with Crippen molar-refractivity contribution in [1.82, 2.24) is 9.88 Å². The van der Waals surface area contributed by atoms with E-state index >= 15 is 0 Å². The van der Waals surface area contributed by atoms with Gasteiger partial charge in [0.2, 0.25) is 0 Å². The summed E-state index contributed by atoms with van der Waals surface area (Å²) in [5.41, 5.74) is 8.19. The molecule has 3 aromatic rings. The Balaban J connectivity index is 1.67. The monoisotopic (exact) mass is 376 g/mol. The minimum absolute atomic E-state index is 0.0827. The van der Waals surface area contributed by atoms with Crippen LogP contribution in [0.3, 0.4) is 0 Å². The molecule has 1 saturated heterocycles. The molecular weight excluding hydrogens is 356 g/mol. The third-order valence-electron chi connectivity index (χ3n) is 4.77. The van der Waals surface area contributed by atoms with Crippen molar-refractivity contribution in [2.45, 2.75) is 0 Å². The normalized spacial score (nSPS) is 14.1. The lowest BCUT2D eigenvalue weighted by Crippen LogP contribution is -2.41. The molecule has 7 nitrogen and oxygen atoms in total. The number of carbonyl (C=O) groups is 2. The van der Waals surface area contributed by atoms with Gasteiger partial charge in [-0.15, -0.1) is 0 Å². The maximum Gasteiger partial charge on any atom is 0.316 e. The van der Waals surface area contributed by atoms with E-state index in [1.165, 1.54) is 0 Å². The zero-order chi connectivity index (χ0) is 19.5. The highest BCUT2D eigenvalue weighted by molar-refractivity contribution is 6.07. The topological polar surface area (TPSA) is 97.5 Å². The number of morpholine rings is 1. The summed E-state index contributed by atoms with van der Waals surface area (Å²) in [7, 11) is 0. The van der Waals surface area contributed by atoms with E-state index in [1.54, 1.807) is 17.2 Å². The minimum Gasteiger partial charge on any atom is -0.378 e. The number of hydrogen-bond donors (Lipinski definition) is 2. The third kappa shape index (κ3) is 3.52. The van der Waals surface area contributed by atoms with E-state index in [2.05, 4.69) is 10.3 Å². The van der Waals surface area contributed by atoms with Gasteiger partial charge in [-0.05, 0) is 23.1 Å². The third-order valence-corrected chi connectivity index (χ3v) is 4.77. The number of nitrogens with two attached hydrogens (primary N) is 1. The Kier molecular flexibility index (Phi) is 4.90. The number of primary amides is 1. The first kappa shape index (κ1) is 17.9. The summed E-state index contributed by atoms with van der Waals surface area (Å²) in [6.45, 7) is 2.28. The number of benzene rings is 2. The lowest BCUT2D eigenvalue weighted by Gasteiger charge is -2.26. The van der Waals surface area contributed by atoms with Crippen molar-refractivity contribution in [3.05, 3.63) is 60.4 Å². The first-order chi connectivity index (χ1) is 13.6. The highest BCUT2D eigenvalue weighted by Gasteiger charge is 2.19. The molecule has 142 valence electrons. The van der Waals surface area contributed by atoms with Crippen LogP contribution in [0.4, 0.5) is 10.5 Å². The van der Waals surface area contributed by atoms with Crippen molar-refractivity contribution in [3.8, 4) is 11.1 Å². The van der Waals surface area contributed by atoms with Gasteiger partial charge in [-0.3, -0.25) is 9.78 Å². The lowest BCUT2D eigenvalue weighted by molar-refractivity contribution is 0.0299. The number of hydrogen-bond acceptors (Lipinski definition) is 4. The Morgan fingerprint density at radius 3 is 2.43 bits per heavy atom. The lowest BCUT2D eigenvalue weighted by atomic mass is 9.98. The van der Waals surface area contributed by atoms with Crippen LogP contribution in [0.1, 0.15) is 10.5 Å². The average molecular weight is 376 g/mol. The second-order valence-corrected chi connectivity index (χ2v) is 6.53. The number of carbonyl (C=O) groups excluding carboxylic acids is 2. The summed E-state index contributed by atoms with van der Waals surface area (Å²) in [5, 5.41) is 4.49. The number of nitrogens with zero attached hydrogens (tertiary/aromatic N) is 2. The predicted octanol–water partition coefficient (Wildman–Crippen LogP) is 2.86. The zero-order valence-electron chi connectivity index (χ0n) is 15.2. The van der Waals surface area contributed by atoms with Crippen LogP contribution in [0.15, 0.2) is 54.7 Å². The molecule has 28 heavy (non-hydrogen) atoms. The Labute approximate surface area is 162 Å². The van der Waals surface area contributed by atoms with Gasteiger partial charge in [0.15, 0.2) is 0 Å². The van der Waals surface area contributed by atoms with Crippen molar-refractivity contribution >= 4 is 28.4 Å². The number of fused-ring (bicyclic) bond motifs is 1. The largest absolute Gasteiger partial charge is 0.378 e. The molecule has 1 aliphatic rings. The number of anilines is 1. The van der Waals surface area contributed by atoms with E-state index < -0.39 is 6.03 Å². The number of amides is 3. The number of rotatable bonds is 3. The summed E-state index contributed by atoms with van der Waals surface area (Å²) < 4.78 is 5.29. The highest BCUT2D eigenvalue weighted by Crippen LogP contribution is 2.33. The van der Waals surface area contributed by atoms with E-state index in [0.717, 1.165) is 21.9 Å². The van der Waals surface area contributed by atoms with Gasteiger partial charge in [0, 0.05) is 30.2 Å². The Hall–Kier alpha value is -3.45. The van der Waals surface area contributed by atoms with E-state index in [-0.39, 0.29) is 5.91 Å². The highest BCUT2D eigenvalue weighted by atomic mass is 16.5. The van der Waals surface area contributed by atoms with E-state index in [4.69, 9.17) is 10.5 Å². The van der Waals surface area contributed by atoms with Gasteiger partial charge in [0.1, 0.15) is 5.69 Å². The van der Waals surface area contributed by atoms with Crippen molar-refractivity contribution < 1.29 is 14.3 Å². The molecule has 1 aliphatic heterocycles. The van der Waals surface area contributed by atoms with Crippen LogP contribution in [0.2, 0.25) is 0 Å². The molecule has 4 rings (SSSR count). The van der Waals surface area contributed by atoms with Crippen molar-refractivity contribution in [2.75, 3.05) is 31.6 Å². The predicted molar refractivity (Wildman–Crippen MR) is 107 cm³/mol.